The van der Waals surface area contributed by atoms with E-state index >= 15 is 0 Å². The summed E-state index contributed by atoms with van der Waals surface area (Å²) in [7, 11) is 0. The number of anilines is 6. The van der Waals surface area contributed by atoms with Gasteiger partial charge in [-0.15, -0.1) is 11.3 Å². The van der Waals surface area contributed by atoms with Crippen molar-refractivity contribution in [3.8, 4) is 11.1 Å². The number of hydrogen-bond acceptors (Lipinski definition) is 5. The lowest BCUT2D eigenvalue weighted by Gasteiger charge is -2.29. The maximum Gasteiger partial charge on any atom is 0.135 e. The van der Waals surface area contributed by atoms with Crippen LogP contribution in [0.25, 0.3) is 75.2 Å². The first-order chi connectivity index (χ1) is 26.2. The number of benzene rings is 8. The third-order valence-electron chi connectivity index (χ3n) is 10.7. The maximum atomic E-state index is 6.30. The van der Waals surface area contributed by atoms with Crippen LogP contribution in [0.3, 0.4) is 0 Å². The number of nitrogens with zero attached hydrogens (tertiary/aromatic N) is 2. The smallest absolute Gasteiger partial charge is 0.135 e. The van der Waals surface area contributed by atoms with Gasteiger partial charge in [0, 0.05) is 64.5 Å². The molecule has 5 heteroatoms. The van der Waals surface area contributed by atoms with Crippen molar-refractivity contribution in [1.82, 2.24) is 0 Å². The largest absolute Gasteiger partial charge is 0.456 e. The van der Waals surface area contributed by atoms with Gasteiger partial charge in [0.1, 0.15) is 22.3 Å². The van der Waals surface area contributed by atoms with Gasteiger partial charge < -0.3 is 18.6 Å². The van der Waals surface area contributed by atoms with E-state index in [1.165, 1.54) is 20.2 Å². The Balaban J connectivity index is 1.21. The Morgan fingerprint density at radius 1 is 0.340 bits per heavy atom. The lowest BCUT2D eigenvalue weighted by atomic mass is 10.0. The average molecular weight is 697 g/mol. The number of thiophene rings is 1. The second-order valence-electron chi connectivity index (χ2n) is 13.7. The number of furan rings is 2. The van der Waals surface area contributed by atoms with Crippen molar-refractivity contribution in [3.05, 3.63) is 170 Å². The Labute approximate surface area is 307 Å². The van der Waals surface area contributed by atoms with Crippen LogP contribution >= 0.6 is 11.3 Å². The quantitative estimate of drug-likeness (QED) is 0.184. The zero-order valence-electron chi connectivity index (χ0n) is 28.3. The van der Waals surface area contributed by atoms with E-state index in [2.05, 4.69) is 155 Å². The van der Waals surface area contributed by atoms with Crippen LogP contribution in [0.2, 0.25) is 0 Å². The summed E-state index contributed by atoms with van der Waals surface area (Å²) in [5.74, 6) is 0. The molecule has 0 radical (unpaired) electrons. The molecule has 0 saturated carbocycles. The topological polar surface area (TPSA) is 32.8 Å². The van der Waals surface area contributed by atoms with Crippen LogP contribution in [0.1, 0.15) is 0 Å². The van der Waals surface area contributed by atoms with Gasteiger partial charge in [0.05, 0.1) is 11.4 Å². The lowest BCUT2D eigenvalue weighted by molar-refractivity contribution is 0.668. The minimum absolute atomic E-state index is 0.882. The zero-order chi connectivity index (χ0) is 34.6. The molecular formula is C48H28N2O2S. The van der Waals surface area contributed by atoms with E-state index in [1.54, 1.807) is 0 Å². The summed E-state index contributed by atoms with van der Waals surface area (Å²) in [6.45, 7) is 0. The number of rotatable bonds is 3. The third-order valence-corrected chi connectivity index (χ3v) is 11.8. The summed E-state index contributed by atoms with van der Waals surface area (Å²) in [5.41, 5.74) is 12.4. The van der Waals surface area contributed by atoms with E-state index in [9.17, 15) is 0 Å². The molecule has 0 N–H and O–H groups in total. The lowest BCUT2D eigenvalue weighted by Crippen LogP contribution is -2.12. The first-order valence-corrected chi connectivity index (χ1v) is 18.6. The van der Waals surface area contributed by atoms with Crippen LogP contribution in [-0.4, -0.2) is 0 Å². The molecule has 0 aliphatic carbocycles. The fourth-order valence-corrected chi connectivity index (χ4v) is 9.56. The van der Waals surface area contributed by atoms with Gasteiger partial charge in [-0.1, -0.05) is 78.9 Å². The molecule has 8 aromatic carbocycles. The minimum atomic E-state index is 0.882. The van der Waals surface area contributed by atoms with Crippen LogP contribution in [-0.2, 0) is 0 Å². The highest BCUT2D eigenvalue weighted by Gasteiger charge is 2.27. The predicted octanol–water partition coefficient (Wildman–Crippen LogP) is 14.8. The number of hydrogen-bond donors (Lipinski definition) is 0. The molecular weight excluding hydrogens is 669 g/mol. The van der Waals surface area contributed by atoms with Gasteiger partial charge in [-0.25, -0.2) is 0 Å². The van der Waals surface area contributed by atoms with Crippen molar-refractivity contribution in [2.24, 2.45) is 0 Å². The summed E-state index contributed by atoms with van der Waals surface area (Å²) >= 11 is 1.85. The molecule has 0 spiro atoms. The van der Waals surface area contributed by atoms with Crippen molar-refractivity contribution >= 4 is 110 Å². The molecule has 0 unspecified atom stereocenters. The summed E-state index contributed by atoms with van der Waals surface area (Å²) in [6.07, 6.45) is 0. The molecule has 0 saturated heterocycles. The van der Waals surface area contributed by atoms with Gasteiger partial charge in [0.15, 0.2) is 0 Å². The third kappa shape index (κ3) is 4.23. The molecule has 0 atom stereocenters. The van der Waals surface area contributed by atoms with Gasteiger partial charge in [-0.2, -0.15) is 0 Å². The van der Waals surface area contributed by atoms with Crippen molar-refractivity contribution < 1.29 is 8.83 Å². The molecule has 3 aromatic heterocycles. The van der Waals surface area contributed by atoms with Gasteiger partial charge >= 0.3 is 0 Å². The van der Waals surface area contributed by atoms with Gasteiger partial charge in [-0.3, -0.25) is 0 Å². The average Bonchev–Trinajstić information content (AvgIpc) is 3.90. The van der Waals surface area contributed by atoms with Crippen molar-refractivity contribution in [2.75, 3.05) is 9.80 Å². The molecule has 2 bridgehead atoms. The summed E-state index contributed by atoms with van der Waals surface area (Å²) < 4.78 is 15.1. The molecule has 1 aliphatic heterocycles. The van der Waals surface area contributed by atoms with Gasteiger partial charge in [0.2, 0.25) is 0 Å². The van der Waals surface area contributed by atoms with Crippen molar-refractivity contribution in [3.63, 3.8) is 0 Å². The van der Waals surface area contributed by atoms with Crippen molar-refractivity contribution in [2.45, 2.75) is 0 Å². The highest BCUT2D eigenvalue weighted by atomic mass is 32.1. The van der Waals surface area contributed by atoms with Crippen LogP contribution in [0.5, 0.6) is 0 Å². The second kappa shape index (κ2) is 10.8. The number of para-hydroxylation sites is 2. The summed E-state index contributed by atoms with van der Waals surface area (Å²) in [5, 5.41) is 6.90. The van der Waals surface area contributed by atoms with E-state index < -0.39 is 0 Å². The van der Waals surface area contributed by atoms with E-state index in [0.29, 0.717) is 0 Å². The minimum Gasteiger partial charge on any atom is -0.456 e. The Hall–Kier alpha value is -6.82. The predicted molar refractivity (Wildman–Crippen MR) is 222 cm³/mol. The normalized spacial score (nSPS) is 12.8. The molecule has 12 rings (SSSR count). The molecule has 0 amide bonds. The van der Waals surface area contributed by atoms with E-state index in [-0.39, 0.29) is 0 Å². The van der Waals surface area contributed by atoms with Crippen LogP contribution < -0.4 is 9.80 Å². The van der Waals surface area contributed by atoms with Crippen molar-refractivity contribution in [1.29, 1.82) is 0 Å². The van der Waals surface area contributed by atoms with E-state index in [4.69, 9.17) is 8.83 Å². The molecule has 1 aliphatic rings. The fourth-order valence-electron chi connectivity index (χ4n) is 8.41. The van der Waals surface area contributed by atoms with Crippen LogP contribution in [0, 0.1) is 0 Å². The standard InChI is InChI=1S/C48H28N2O2S/c1-2-10-29(11-3-1)30-24-33-26-34(25-30)50(32-21-23-44-38(28-32)36-13-5-7-17-42(36)52-44)40-15-9-19-46-48(40)47-39(14-8-18-45(47)53-46)49(33)31-20-22-43-37(27-31)35-12-4-6-16-41(35)51-43/h1-28H. The van der Waals surface area contributed by atoms with Crippen LogP contribution in [0.4, 0.5) is 34.1 Å². The monoisotopic (exact) mass is 696 g/mol. The Morgan fingerprint density at radius 3 is 1.38 bits per heavy atom. The molecule has 53 heavy (non-hydrogen) atoms. The first-order valence-electron chi connectivity index (χ1n) is 17.8. The fraction of sp³-hybridized carbons (Fsp3) is 0. The Kier molecular flexibility index (Phi) is 5.90. The van der Waals surface area contributed by atoms with Gasteiger partial charge in [0.25, 0.3) is 0 Å². The summed E-state index contributed by atoms with van der Waals surface area (Å²) in [4.78, 5) is 4.89. The maximum absolute atomic E-state index is 6.30. The Morgan fingerprint density at radius 2 is 0.830 bits per heavy atom. The molecule has 4 heterocycles. The summed E-state index contributed by atoms with van der Waals surface area (Å²) in [6, 6.07) is 61.0. The Bertz CT molecular complexity index is 3070. The highest BCUT2D eigenvalue weighted by molar-refractivity contribution is 7.26. The van der Waals surface area contributed by atoms with E-state index in [0.717, 1.165) is 89.1 Å². The second-order valence-corrected chi connectivity index (χ2v) is 14.8. The molecule has 248 valence electrons. The SMILES string of the molecule is c1ccc(-c2cc3cc(c2)N(c2ccc4oc5ccccc5c4c2)c2cccc4sc5cccc(c5c24)N3c2ccc3oc4ccccc4c3c2)cc1. The highest BCUT2D eigenvalue weighted by Crippen LogP contribution is 2.53. The van der Waals surface area contributed by atoms with Gasteiger partial charge in [-0.05, 0) is 102 Å². The zero-order valence-corrected chi connectivity index (χ0v) is 29.1. The molecule has 11 aromatic rings. The first kappa shape index (κ1) is 28.8. The number of fused-ring (bicyclic) bond motifs is 8. The van der Waals surface area contributed by atoms with E-state index in [1.807, 2.05) is 35.6 Å². The molecule has 4 nitrogen and oxygen atoms in total. The molecule has 0 fully saturated rings. The van der Waals surface area contributed by atoms with Crippen LogP contribution in [0.15, 0.2) is 179 Å².